The Morgan fingerprint density at radius 3 is 1.00 bits per heavy atom. The van der Waals surface area contributed by atoms with Crippen molar-refractivity contribution in [3.63, 3.8) is 0 Å². The van der Waals surface area contributed by atoms with E-state index in [4.69, 9.17) is 10.2 Å². The minimum atomic E-state index is -4.42. The van der Waals surface area contributed by atoms with E-state index in [1.807, 2.05) is 0 Å². The summed E-state index contributed by atoms with van der Waals surface area (Å²) < 4.78 is 19.1. The molecule has 2 N–H and O–H groups in total. The van der Waals surface area contributed by atoms with Gasteiger partial charge in [-0.05, 0) is 12.3 Å². The fourth-order valence-corrected chi connectivity index (χ4v) is 0.735. The van der Waals surface area contributed by atoms with Crippen LogP contribution in [-0.2, 0) is 35.3 Å². The van der Waals surface area contributed by atoms with Crippen molar-refractivity contribution < 1.29 is 65.1 Å². The van der Waals surface area contributed by atoms with E-state index in [0.29, 0.717) is 0 Å². The molecule has 0 aliphatic heterocycles. The van der Waals surface area contributed by atoms with Crippen LogP contribution in [0.25, 0.3) is 0 Å². The predicted molar refractivity (Wildman–Crippen MR) is 39.1 cm³/mol. The zero-order valence-electron chi connectivity index (χ0n) is 7.57. The zero-order valence-corrected chi connectivity index (χ0v) is 11.8. The molecule has 0 aliphatic rings. The van der Waals surface area contributed by atoms with Crippen molar-refractivity contribution in [2.75, 3.05) is 25.5 Å². The molecule has 0 fully saturated rings. The fraction of sp³-hybridized carbons (Fsp3) is 1.00. The Morgan fingerprint density at radius 2 is 1.00 bits per heavy atom. The van der Waals surface area contributed by atoms with Crippen LogP contribution in [0.4, 0.5) is 0 Å². The van der Waals surface area contributed by atoms with Crippen LogP contribution >= 0.6 is 15.2 Å². The Balaban J connectivity index is -0.000000180. The molecule has 0 atom stereocenters. The van der Waals surface area contributed by atoms with Crippen LogP contribution in [0.15, 0.2) is 0 Å². The largest absolute Gasteiger partial charge is 4.00 e. The third-order valence-electron chi connectivity index (χ3n) is 0.748. The van der Waals surface area contributed by atoms with Crippen molar-refractivity contribution in [1.82, 2.24) is 0 Å². The summed E-state index contributed by atoms with van der Waals surface area (Å²) in [6.45, 7) is -1.16. The molecule has 0 rings (SSSR count). The van der Waals surface area contributed by atoms with Crippen molar-refractivity contribution in [3.8, 4) is 0 Å². The average Bonchev–Trinajstić information content (AvgIpc) is 1.81. The molecular formula is C4H10O8P2Zr. The second-order valence-electron chi connectivity index (χ2n) is 2.12. The third kappa shape index (κ3) is 31.3. The van der Waals surface area contributed by atoms with Crippen LogP contribution in [0.5, 0.6) is 0 Å². The molecule has 0 heterocycles. The molecular weight excluding hydrogens is 329 g/mol. The maximum atomic E-state index is 9.54. The van der Waals surface area contributed by atoms with Crippen molar-refractivity contribution in [2.24, 2.45) is 0 Å². The quantitative estimate of drug-likeness (QED) is 0.486. The Kier molecular flexibility index (Phi) is 14.6. The summed E-state index contributed by atoms with van der Waals surface area (Å²) >= 11 is 0. The molecule has 0 bridgehead atoms. The van der Waals surface area contributed by atoms with E-state index in [1.165, 1.54) is 0 Å². The molecule has 0 aliphatic carbocycles. The van der Waals surface area contributed by atoms with Gasteiger partial charge >= 0.3 is 26.2 Å². The first-order valence-corrected chi connectivity index (χ1v) is 6.82. The van der Waals surface area contributed by atoms with Gasteiger partial charge < -0.3 is 38.9 Å². The van der Waals surface area contributed by atoms with Gasteiger partial charge in [0.2, 0.25) is 0 Å². The molecule has 0 saturated carbocycles. The average molecular weight is 339 g/mol. The predicted octanol–water partition coefficient (Wildman–Crippen LogP) is -4.22. The van der Waals surface area contributed by atoms with Gasteiger partial charge in [0.05, 0.1) is 0 Å². The van der Waals surface area contributed by atoms with Gasteiger partial charge in [0.25, 0.3) is 0 Å². The summed E-state index contributed by atoms with van der Waals surface area (Å²) in [7, 11) is -8.83. The van der Waals surface area contributed by atoms with E-state index in [2.05, 4.69) is 0 Å². The number of hydrogen-bond acceptors (Lipinski definition) is 8. The van der Waals surface area contributed by atoms with E-state index in [9.17, 15) is 28.7 Å². The van der Waals surface area contributed by atoms with Gasteiger partial charge in [-0.3, -0.25) is 0 Å². The first-order valence-electron chi connectivity index (χ1n) is 3.36. The van der Waals surface area contributed by atoms with Gasteiger partial charge in [0.15, 0.2) is 0 Å². The molecule has 0 aromatic rings. The summed E-state index contributed by atoms with van der Waals surface area (Å²) in [5.41, 5.74) is 0. The van der Waals surface area contributed by atoms with Crippen LogP contribution in [-0.4, -0.2) is 35.8 Å². The Labute approximate surface area is 106 Å². The van der Waals surface area contributed by atoms with Crippen molar-refractivity contribution in [3.05, 3.63) is 0 Å². The molecule has 0 radical (unpaired) electrons. The van der Waals surface area contributed by atoms with Gasteiger partial charge in [-0.1, -0.05) is 15.2 Å². The molecule has 15 heavy (non-hydrogen) atoms. The number of aliphatic hydroxyl groups is 2. The summed E-state index contributed by atoms with van der Waals surface area (Å²) in [5.74, 6) is 0. The fourth-order valence-electron chi connectivity index (χ4n) is 0.245. The minimum absolute atomic E-state index is 0. The number of hydrogen-bond donors (Lipinski definition) is 2. The molecule has 0 amide bonds. The van der Waals surface area contributed by atoms with Gasteiger partial charge in [-0.15, -0.1) is 0 Å². The van der Waals surface area contributed by atoms with Crippen LogP contribution < -0.4 is 19.6 Å². The second-order valence-corrected chi connectivity index (χ2v) is 5.45. The monoisotopic (exact) mass is 338 g/mol. The topological polar surface area (TPSA) is 167 Å². The van der Waals surface area contributed by atoms with Gasteiger partial charge in [0.1, 0.15) is 0 Å². The number of aliphatic hydroxyl groups excluding tert-OH is 2. The Hall–Kier alpha value is 1.10. The van der Waals surface area contributed by atoms with E-state index in [-0.39, 0.29) is 26.2 Å². The van der Waals surface area contributed by atoms with Crippen molar-refractivity contribution in [2.45, 2.75) is 0 Å². The van der Waals surface area contributed by atoms with E-state index in [1.54, 1.807) is 0 Å². The second kappa shape index (κ2) is 10.3. The standard InChI is InChI=1S/2C2H7O4P.Zr/c2*3-1-2-7(4,5)6;/h2*3H,1-2H2,(H2,4,5,6);/q;;+4/p-4. The normalized spacial score (nSPS) is 11.1. The molecule has 8 nitrogen and oxygen atoms in total. The third-order valence-corrected chi connectivity index (χ3v) is 2.24. The summed E-state index contributed by atoms with van der Waals surface area (Å²) in [4.78, 5) is 38.2. The van der Waals surface area contributed by atoms with Crippen LogP contribution in [0.1, 0.15) is 0 Å². The first-order chi connectivity index (χ1) is 6.12. The smallest absolute Gasteiger partial charge is 0.811 e. The Morgan fingerprint density at radius 1 is 0.800 bits per heavy atom. The molecule has 88 valence electrons. The Bertz CT molecular complexity index is 197. The van der Waals surface area contributed by atoms with E-state index >= 15 is 0 Å². The summed E-state index contributed by atoms with van der Waals surface area (Å²) in [6.07, 6.45) is -1.32. The minimum Gasteiger partial charge on any atom is -0.811 e. The SMILES string of the molecule is O=P([O-])([O-])CCO.O=P([O-])([O-])CCO.[Zr+4]. The molecule has 0 saturated heterocycles. The van der Waals surface area contributed by atoms with Crippen molar-refractivity contribution >= 4 is 15.2 Å². The van der Waals surface area contributed by atoms with Gasteiger partial charge in [-0.2, -0.15) is 0 Å². The van der Waals surface area contributed by atoms with E-state index < -0.39 is 40.7 Å². The van der Waals surface area contributed by atoms with Crippen LogP contribution in [0, 0.1) is 0 Å². The van der Waals surface area contributed by atoms with Crippen LogP contribution in [0.3, 0.4) is 0 Å². The van der Waals surface area contributed by atoms with Crippen LogP contribution in [0.2, 0.25) is 0 Å². The maximum absolute atomic E-state index is 9.54. The molecule has 0 aromatic heterocycles. The summed E-state index contributed by atoms with van der Waals surface area (Å²) in [5, 5.41) is 15.7. The molecule has 11 heteroatoms. The summed E-state index contributed by atoms with van der Waals surface area (Å²) in [6, 6.07) is 0. The number of rotatable bonds is 4. The van der Waals surface area contributed by atoms with E-state index in [0.717, 1.165) is 0 Å². The van der Waals surface area contributed by atoms with Crippen molar-refractivity contribution in [1.29, 1.82) is 0 Å². The maximum Gasteiger partial charge on any atom is 4.00 e. The molecule has 0 aromatic carbocycles. The first kappa shape index (κ1) is 21.4. The van der Waals surface area contributed by atoms with Gasteiger partial charge in [0, 0.05) is 13.2 Å². The molecule has 0 spiro atoms. The van der Waals surface area contributed by atoms with Gasteiger partial charge in [-0.25, -0.2) is 0 Å². The zero-order chi connectivity index (χ0) is 11.8. The molecule has 0 unspecified atom stereocenters.